The van der Waals surface area contributed by atoms with E-state index in [0.29, 0.717) is 17.9 Å². The van der Waals surface area contributed by atoms with Gasteiger partial charge in [-0.15, -0.1) is 11.6 Å². The second-order valence-corrected chi connectivity index (χ2v) is 10.2. The lowest BCUT2D eigenvalue weighted by Gasteiger charge is -2.39. The summed E-state index contributed by atoms with van der Waals surface area (Å²) in [7, 11) is 0. The molecule has 1 fully saturated rings. The Bertz CT molecular complexity index is 525. The van der Waals surface area contributed by atoms with E-state index in [0.717, 1.165) is 37.8 Å². The third-order valence-electron chi connectivity index (χ3n) is 7.23. The summed E-state index contributed by atoms with van der Waals surface area (Å²) in [4.78, 5) is 2.68. The van der Waals surface area contributed by atoms with E-state index >= 15 is 0 Å². The van der Waals surface area contributed by atoms with E-state index in [1.807, 2.05) is 0 Å². The highest BCUT2D eigenvalue weighted by atomic mass is 35.5. The fourth-order valence-corrected chi connectivity index (χ4v) is 5.45. The Morgan fingerprint density at radius 2 is 1.93 bits per heavy atom. The van der Waals surface area contributed by atoms with Crippen molar-refractivity contribution >= 4 is 11.6 Å². The quantitative estimate of drug-likeness (QED) is 0.455. The lowest BCUT2D eigenvalue weighted by molar-refractivity contribution is 0.134. The van der Waals surface area contributed by atoms with Crippen molar-refractivity contribution in [1.29, 1.82) is 0 Å². The van der Waals surface area contributed by atoms with Crippen molar-refractivity contribution in [2.45, 2.75) is 70.2 Å². The first-order valence-corrected chi connectivity index (χ1v) is 12.1. The lowest BCUT2D eigenvalue weighted by Crippen LogP contribution is -2.48. The predicted molar refractivity (Wildman–Crippen MR) is 120 cm³/mol. The van der Waals surface area contributed by atoms with Crippen LogP contribution in [0, 0.1) is 23.7 Å². The van der Waals surface area contributed by atoms with E-state index in [9.17, 15) is 5.11 Å². The molecular formula is C24H41ClN2O. The van der Waals surface area contributed by atoms with Crippen LogP contribution in [-0.4, -0.2) is 54.2 Å². The second-order valence-electron chi connectivity index (χ2n) is 9.67. The van der Waals surface area contributed by atoms with Gasteiger partial charge < -0.3 is 15.3 Å². The number of piperidine rings is 1. The average Bonchev–Trinajstić information content (AvgIpc) is 2.72. The van der Waals surface area contributed by atoms with Crippen LogP contribution in [0.3, 0.4) is 0 Å². The minimum atomic E-state index is 0.237. The summed E-state index contributed by atoms with van der Waals surface area (Å²) < 4.78 is 0. The summed E-state index contributed by atoms with van der Waals surface area (Å²) in [5.74, 6) is 2.85. The fourth-order valence-electron chi connectivity index (χ4n) is 5.24. The van der Waals surface area contributed by atoms with Crippen LogP contribution in [0.2, 0.25) is 0 Å². The Hall–Kier alpha value is -0.350. The van der Waals surface area contributed by atoms with Crippen molar-refractivity contribution < 1.29 is 5.11 Å². The standard InChI is InChI=1S/C24H41ClN2O/c1-18(2)24(26-15-19-4-3-5-20(14-19)17-28)16-27-12-10-22(11-13-27)21-6-8-23(25)9-7-21/h6,8,14,18-19,21-24,26,28H,3-5,7,9-13,15-17H2,1-2H3/t19?,21?,23?,24-/m0/s1. The molecule has 3 rings (SSSR count). The molecule has 3 nitrogen and oxygen atoms in total. The number of likely N-dealkylation sites (tertiary alicyclic amines) is 1. The maximum absolute atomic E-state index is 9.41. The van der Waals surface area contributed by atoms with E-state index in [1.54, 1.807) is 0 Å². The molecule has 0 aromatic rings. The van der Waals surface area contributed by atoms with Gasteiger partial charge in [0.25, 0.3) is 0 Å². The number of alkyl halides is 1. The van der Waals surface area contributed by atoms with Crippen molar-refractivity contribution in [2.24, 2.45) is 23.7 Å². The molecule has 1 saturated heterocycles. The zero-order valence-electron chi connectivity index (χ0n) is 18.0. The molecule has 4 atom stereocenters. The molecule has 0 aromatic heterocycles. The Kier molecular flexibility index (Phi) is 8.90. The van der Waals surface area contributed by atoms with E-state index in [2.05, 4.69) is 42.3 Å². The molecule has 2 aliphatic carbocycles. The van der Waals surface area contributed by atoms with Crippen molar-refractivity contribution in [3.05, 3.63) is 23.8 Å². The van der Waals surface area contributed by atoms with Crippen LogP contribution >= 0.6 is 11.6 Å². The highest BCUT2D eigenvalue weighted by Gasteiger charge is 2.28. The number of nitrogens with zero attached hydrogens (tertiary/aromatic N) is 1. The van der Waals surface area contributed by atoms with E-state index in [-0.39, 0.29) is 12.0 Å². The van der Waals surface area contributed by atoms with Crippen molar-refractivity contribution in [1.82, 2.24) is 10.2 Å². The van der Waals surface area contributed by atoms with E-state index < -0.39 is 0 Å². The number of aliphatic hydroxyl groups is 1. The minimum Gasteiger partial charge on any atom is -0.392 e. The maximum atomic E-state index is 9.41. The molecule has 0 bridgehead atoms. The summed E-state index contributed by atoms with van der Waals surface area (Å²) in [6.45, 7) is 9.61. The summed E-state index contributed by atoms with van der Waals surface area (Å²) in [5.41, 5.74) is 1.23. The molecule has 0 saturated carbocycles. The third-order valence-corrected chi connectivity index (χ3v) is 7.59. The van der Waals surface area contributed by atoms with Crippen LogP contribution in [0.5, 0.6) is 0 Å². The topological polar surface area (TPSA) is 35.5 Å². The minimum absolute atomic E-state index is 0.237. The number of hydrogen-bond donors (Lipinski definition) is 2. The Balaban J connectivity index is 1.43. The van der Waals surface area contributed by atoms with Crippen molar-refractivity contribution in [3.63, 3.8) is 0 Å². The summed E-state index contributed by atoms with van der Waals surface area (Å²) in [5, 5.41) is 13.5. The van der Waals surface area contributed by atoms with Gasteiger partial charge in [-0.25, -0.2) is 0 Å². The van der Waals surface area contributed by atoms with E-state index in [1.165, 1.54) is 50.8 Å². The predicted octanol–water partition coefficient (Wildman–Crippen LogP) is 4.61. The van der Waals surface area contributed by atoms with Crippen molar-refractivity contribution in [3.8, 4) is 0 Å². The average molecular weight is 409 g/mol. The SMILES string of the molecule is CC(C)[C@H](CN1CCC(C2C=CC(Cl)CC2)CC1)NCC1C=C(CO)CCC1. The van der Waals surface area contributed by atoms with Crippen LogP contribution in [0.15, 0.2) is 23.8 Å². The zero-order valence-corrected chi connectivity index (χ0v) is 18.7. The van der Waals surface area contributed by atoms with Gasteiger partial charge in [0.2, 0.25) is 0 Å². The molecule has 1 aliphatic heterocycles. The Labute approximate surface area is 177 Å². The van der Waals surface area contributed by atoms with Gasteiger partial charge >= 0.3 is 0 Å². The first kappa shape index (κ1) is 22.3. The molecule has 0 amide bonds. The van der Waals surface area contributed by atoms with Crippen molar-refractivity contribution in [2.75, 3.05) is 32.8 Å². The largest absolute Gasteiger partial charge is 0.392 e. The number of aliphatic hydroxyl groups excluding tert-OH is 1. The molecule has 4 heteroatoms. The number of halogens is 1. The molecule has 0 spiro atoms. The van der Waals surface area contributed by atoms with Gasteiger partial charge in [0.15, 0.2) is 0 Å². The van der Waals surface area contributed by atoms with Gasteiger partial charge in [0, 0.05) is 19.1 Å². The lowest BCUT2D eigenvalue weighted by atomic mass is 9.79. The van der Waals surface area contributed by atoms with Crippen LogP contribution in [0.1, 0.15) is 58.8 Å². The summed E-state index contributed by atoms with van der Waals surface area (Å²) >= 11 is 6.22. The number of allylic oxidation sites excluding steroid dienone is 2. The summed E-state index contributed by atoms with van der Waals surface area (Å²) in [6.07, 6.45) is 15.6. The normalized spacial score (nSPS) is 31.2. The second kappa shape index (κ2) is 11.2. The van der Waals surface area contributed by atoms with Gasteiger partial charge in [-0.2, -0.15) is 0 Å². The summed E-state index contributed by atoms with van der Waals surface area (Å²) in [6, 6.07) is 0.552. The molecule has 1 heterocycles. The number of hydrogen-bond acceptors (Lipinski definition) is 3. The molecule has 0 radical (unpaired) electrons. The monoisotopic (exact) mass is 408 g/mol. The smallest absolute Gasteiger partial charge is 0.0641 e. The van der Waals surface area contributed by atoms with Gasteiger partial charge in [-0.3, -0.25) is 0 Å². The number of rotatable bonds is 8. The molecule has 2 N–H and O–H groups in total. The fraction of sp³-hybridized carbons (Fsp3) is 0.833. The maximum Gasteiger partial charge on any atom is 0.0641 e. The van der Waals surface area contributed by atoms with Gasteiger partial charge in [-0.1, -0.05) is 32.1 Å². The molecule has 0 aromatic carbocycles. The highest BCUT2D eigenvalue weighted by Crippen LogP contribution is 2.33. The van der Waals surface area contributed by atoms with Gasteiger partial charge in [0.05, 0.1) is 12.0 Å². The number of nitrogens with one attached hydrogen (secondary N) is 1. The van der Waals surface area contributed by atoms with Gasteiger partial charge in [0.1, 0.15) is 0 Å². The molecule has 3 unspecified atom stereocenters. The van der Waals surface area contributed by atoms with Crippen LogP contribution in [0.4, 0.5) is 0 Å². The third kappa shape index (κ3) is 6.58. The van der Waals surface area contributed by atoms with Crippen LogP contribution in [0.25, 0.3) is 0 Å². The van der Waals surface area contributed by atoms with E-state index in [4.69, 9.17) is 11.6 Å². The van der Waals surface area contributed by atoms with Gasteiger partial charge in [-0.05, 0) is 87.3 Å². The first-order chi connectivity index (χ1) is 13.5. The first-order valence-electron chi connectivity index (χ1n) is 11.6. The molecular weight excluding hydrogens is 368 g/mol. The Morgan fingerprint density at radius 3 is 2.57 bits per heavy atom. The molecule has 3 aliphatic rings. The molecule has 160 valence electrons. The molecule has 28 heavy (non-hydrogen) atoms. The zero-order chi connectivity index (χ0) is 19.9. The highest BCUT2D eigenvalue weighted by molar-refractivity contribution is 6.21. The van der Waals surface area contributed by atoms with Crippen LogP contribution in [-0.2, 0) is 0 Å². The van der Waals surface area contributed by atoms with Crippen LogP contribution < -0.4 is 5.32 Å². The Morgan fingerprint density at radius 1 is 1.14 bits per heavy atom.